The van der Waals surface area contributed by atoms with E-state index in [2.05, 4.69) is 12.6 Å². The molecule has 2 rings (SSSR count). The lowest BCUT2D eigenvalue weighted by atomic mass is 9.85. The van der Waals surface area contributed by atoms with Gasteiger partial charge in [0.05, 0.1) is 0 Å². The predicted molar refractivity (Wildman–Crippen MR) is 68.0 cm³/mol. The molecule has 0 bridgehead atoms. The number of rotatable bonds is 3. The highest BCUT2D eigenvalue weighted by atomic mass is 32.1. The van der Waals surface area contributed by atoms with Crippen LogP contribution in [0, 0.1) is 5.92 Å². The zero-order valence-electron chi connectivity index (χ0n) is 9.52. The number of thiol groups is 1. The summed E-state index contributed by atoms with van der Waals surface area (Å²) >= 11 is 4.21. The third-order valence-corrected chi connectivity index (χ3v) is 3.52. The molecular formula is C13H17NOS. The van der Waals surface area contributed by atoms with Gasteiger partial charge in [0.1, 0.15) is 0 Å². The van der Waals surface area contributed by atoms with Crippen molar-refractivity contribution >= 4 is 18.5 Å². The second-order valence-corrected chi connectivity index (χ2v) is 5.05. The molecule has 0 unspecified atom stereocenters. The van der Waals surface area contributed by atoms with Crippen molar-refractivity contribution in [2.24, 2.45) is 5.92 Å². The van der Waals surface area contributed by atoms with Crippen LogP contribution in [0.4, 0.5) is 0 Å². The van der Waals surface area contributed by atoms with E-state index in [0.717, 1.165) is 22.9 Å². The van der Waals surface area contributed by atoms with E-state index in [1.165, 1.54) is 19.3 Å². The second kappa shape index (κ2) is 4.91. The molecule has 1 amide bonds. The van der Waals surface area contributed by atoms with Crippen molar-refractivity contribution < 1.29 is 4.79 Å². The number of carbonyl (C=O) groups excluding carboxylic acids is 1. The van der Waals surface area contributed by atoms with Crippen LogP contribution in [0.25, 0.3) is 0 Å². The molecule has 0 spiro atoms. The molecule has 1 saturated carbocycles. The van der Waals surface area contributed by atoms with Crippen LogP contribution in [0.3, 0.4) is 0 Å². The van der Waals surface area contributed by atoms with Crippen LogP contribution in [0.2, 0.25) is 0 Å². The lowest BCUT2D eigenvalue weighted by molar-refractivity contribution is 0.0745. The van der Waals surface area contributed by atoms with E-state index in [-0.39, 0.29) is 5.91 Å². The summed E-state index contributed by atoms with van der Waals surface area (Å²) in [6.07, 6.45) is 3.86. The van der Waals surface area contributed by atoms with Gasteiger partial charge >= 0.3 is 0 Å². The van der Waals surface area contributed by atoms with Crippen LogP contribution in [-0.2, 0) is 0 Å². The van der Waals surface area contributed by atoms with Gasteiger partial charge < -0.3 is 4.90 Å². The summed E-state index contributed by atoms with van der Waals surface area (Å²) < 4.78 is 0. The Kier molecular flexibility index (Phi) is 3.54. The van der Waals surface area contributed by atoms with E-state index in [4.69, 9.17) is 0 Å². The van der Waals surface area contributed by atoms with Crippen LogP contribution in [0.15, 0.2) is 29.2 Å². The summed E-state index contributed by atoms with van der Waals surface area (Å²) in [6, 6.07) is 7.38. The average Bonchev–Trinajstić information content (AvgIpc) is 2.23. The van der Waals surface area contributed by atoms with E-state index in [0.29, 0.717) is 0 Å². The predicted octanol–water partition coefficient (Wildman–Crippen LogP) is 2.85. The quantitative estimate of drug-likeness (QED) is 0.799. The summed E-state index contributed by atoms with van der Waals surface area (Å²) in [5.74, 6) is 0.832. The molecule has 1 aliphatic carbocycles. The summed E-state index contributed by atoms with van der Waals surface area (Å²) in [4.78, 5) is 14.8. The summed E-state index contributed by atoms with van der Waals surface area (Å²) in [7, 11) is 1.88. The lowest BCUT2D eigenvalue weighted by Gasteiger charge is -2.30. The van der Waals surface area contributed by atoms with Gasteiger partial charge in [0, 0.05) is 24.1 Å². The van der Waals surface area contributed by atoms with Gasteiger partial charge in [0.15, 0.2) is 0 Å². The first-order valence-electron chi connectivity index (χ1n) is 5.71. The van der Waals surface area contributed by atoms with Crippen LogP contribution in [0.5, 0.6) is 0 Å². The molecule has 0 heterocycles. The van der Waals surface area contributed by atoms with Crippen LogP contribution in [-0.4, -0.2) is 24.4 Å². The van der Waals surface area contributed by atoms with E-state index in [1.807, 2.05) is 36.2 Å². The highest BCUT2D eigenvalue weighted by Gasteiger charge is 2.21. The van der Waals surface area contributed by atoms with Crippen molar-refractivity contribution in [1.29, 1.82) is 0 Å². The molecule has 1 aliphatic rings. The van der Waals surface area contributed by atoms with Crippen molar-refractivity contribution in [3.8, 4) is 0 Å². The molecule has 0 aromatic heterocycles. The number of amides is 1. The Hall–Kier alpha value is -0.960. The monoisotopic (exact) mass is 235 g/mol. The zero-order valence-corrected chi connectivity index (χ0v) is 10.4. The average molecular weight is 235 g/mol. The Morgan fingerprint density at radius 1 is 1.38 bits per heavy atom. The van der Waals surface area contributed by atoms with Gasteiger partial charge in [0.2, 0.25) is 0 Å². The van der Waals surface area contributed by atoms with Crippen LogP contribution >= 0.6 is 12.6 Å². The minimum atomic E-state index is 0.111. The number of hydrogen-bond donors (Lipinski definition) is 1. The second-order valence-electron chi connectivity index (χ2n) is 4.53. The van der Waals surface area contributed by atoms with E-state index in [1.54, 1.807) is 0 Å². The Balaban J connectivity index is 1.97. The molecule has 0 saturated heterocycles. The maximum absolute atomic E-state index is 12.0. The normalized spacial score (nSPS) is 15.6. The van der Waals surface area contributed by atoms with E-state index >= 15 is 0 Å². The molecule has 2 nitrogen and oxygen atoms in total. The third kappa shape index (κ3) is 2.59. The first kappa shape index (κ1) is 11.5. The number of hydrogen-bond acceptors (Lipinski definition) is 2. The Labute approximate surface area is 102 Å². The third-order valence-electron chi connectivity index (χ3n) is 3.22. The van der Waals surface area contributed by atoms with Crippen LogP contribution in [0.1, 0.15) is 29.6 Å². The summed E-state index contributed by atoms with van der Waals surface area (Å²) in [5.41, 5.74) is 0.750. The number of benzene rings is 1. The van der Waals surface area contributed by atoms with Crippen molar-refractivity contribution in [2.75, 3.05) is 13.6 Å². The topological polar surface area (TPSA) is 20.3 Å². The first-order chi connectivity index (χ1) is 7.66. The molecule has 0 radical (unpaired) electrons. The molecule has 16 heavy (non-hydrogen) atoms. The van der Waals surface area contributed by atoms with Gasteiger partial charge in [-0.1, -0.05) is 6.42 Å². The summed E-state index contributed by atoms with van der Waals surface area (Å²) in [5, 5.41) is 0. The minimum absolute atomic E-state index is 0.111. The maximum Gasteiger partial charge on any atom is 0.253 e. The van der Waals surface area contributed by atoms with Crippen LogP contribution < -0.4 is 0 Å². The van der Waals surface area contributed by atoms with Gasteiger partial charge in [-0.05, 0) is 43.0 Å². The Morgan fingerprint density at radius 3 is 2.50 bits per heavy atom. The standard InChI is InChI=1S/C13H17NOS/c1-14(9-10-3-2-4-10)13(15)11-5-7-12(16)8-6-11/h5-8,10,16H,2-4,9H2,1H3. The molecule has 0 aliphatic heterocycles. The fraction of sp³-hybridized carbons (Fsp3) is 0.462. The van der Waals surface area contributed by atoms with Crippen molar-refractivity contribution in [1.82, 2.24) is 4.90 Å². The number of carbonyl (C=O) groups is 1. The molecule has 1 aromatic carbocycles. The molecule has 86 valence electrons. The van der Waals surface area contributed by atoms with Crippen molar-refractivity contribution in [3.05, 3.63) is 29.8 Å². The molecule has 0 atom stereocenters. The molecule has 0 N–H and O–H groups in total. The van der Waals surface area contributed by atoms with E-state index in [9.17, 15) is 4.79 Å². The highest BCUT2D eigenvalue weighted by Crippen LogP contribution is 2.27. The van der Waals surface area contributed by atoms with Crippen molar-refractivity contribution in [2.45, 2.75) is 24.2 Å². The molecule has 1 fully saturated rings. The fourth-order valence-electron chi connectivity index (χ4n) is 1.97. The minimum Gasteiger partial charge on any atom is -0.341 e. The SMILES string of the molecule is CN(CC1CCC1)C(=O)c1ccc(S)cc1. The van der Waals surface area contributed by atoms with Gasteiger partial charge in [-0.15, -0.1) is 12.6 Å². The summed E-state index contributed by atoms with van der Waals surface area (Å²) in [6.45, 7) is 0.890. The lowest BCUT2D eigenvalue weighted by Crippen LogP contribution is -2.34. The molecule has 1 aromatic rings. The van der Waals surface area contributed by atoms with Gasteiger partial charge in [-0.2, -0.15) is 0 Å². The molecule has 3 heteroatoms. The largest absolute Gasteiger partial charge is 0.341 e. The van der Waals surface area contributed by atoms with Crippen molar-refractivity contribution in [3.63, 3.8) is 0 Å². The zero-order chi connectivity index (χ0) is 11.5. The maximum atomic E-state index is 12.0. The number of nitrogens with zero attached hydrogens (tertiary/aromatic N) is 1. The fourth-order valence-corrected chi connectivity index (χ4v) is 2.12. The van der Waals surface area contributed by atoms with Gasteiger partial charge in [0.25, 0.3) is 5.91 Å². The Morgan fingerprint density at radius 2 is 2.00 bits per heavy atom. The Bertz CT molecular complexity index is 370. The van der Waals surface area contributed by atoms with Gasteiger partial charge in [-0.3, -0.25) is 4.79 Å². The molecular weight excluding hydrogens is 218 g/mol. The van der Waals surface area contributed by atoms with Gasteiger partial charge in [-0.25, -0.2) is 0 Å². The first-order valence-corrected chi connectivity index (χ1v) is 6.16. The van der Waals surface area contributed by atoms with E-state index < -0.39 is 0 Å². The highest BCUT2D eigenvalue weighted by molar-refractivity contribution is 7.80. The smallest absolute Gasteiger partial charge is 0.253 e.